The minimum Gasteiger partial charge on any atom is -0.408 e. The van der Waals surface area contributed by atoms with E-state index in [0.29, 0.717) is 31.5 Å². The van der Waals surface area contributed by atoms with Crippen molar-refractivity contribution >= 4 is 6.01 Å². The van der Waals surface area contributed by atoms with Crippen LogP contribution in [0.15, 0.2) is 10.7 Å². The molecule has 0 aliphatic rings. The fourth-order valence-electron chi connectivity index (χ4n) is 1.67. The highest BCUT2D eigenvalue weighted by Gasteiger charge is 2.15. The van der Waals surface area contributed by atoms with Crippen LogP contribution < -0.4 is 5.32 Å². The number of rotatable bonds is 7. The Morgan fingerprint density at radius 3 is 2.95 bits per heavy atom. The number of methoxy groups -OCH3 is 1. The van der Waals surface area contributed by atoms with E-state index in [4.69, 9.17) is 9.15 Å². The highest BCUT2D eigenvalue weighted by Crippen LogP contribution is 2.16. The Morgan fingerprint density at radius 2 is 2.26 bits per heavy atom. The summed E-state index contributed by atoms with van der Waals surface area (Å²) in [4.78, 5) is 0. The first-order valence-electron chi connectivity index (χ1n) is 6.20. The number of hydrogen-bond acceptors (Lipinski definition) is 7. The van der Waals surface area contributed by atoms with Gasteiger partial charge in [0, 0.05) is 20.1 Å². The van der Waals surface area contributed by atoms with Crippen LogP contribution in [0, 0.1) is 0 Å². The van der Waals surface area contributed by atoms with Gasteiger partial charge in [0.2, 0.25) is 5.89 Å². The molecule has 0 amide bonds. The molecule has 8 nitrogen and oxygen atoms in total. The molecule has 1 unspecified atom stereocenters. The van der Waals surface area contributed by atoms with Crippen LogP contribution in [0.1, 0.15) is 31.6 Å². The number of anilines is 1. The predicted octanol–water partition coefficient (Wildman–Crippen LogP) is 1.04. The predicted molar refractivity (Wildman–Crippen MR) is 67.6 cm³/mol. The minimum absolute atomic E-state index is 0.0792. The molecule has 19 heavy (non-hydrogen) atoms. The summed E-state index contributed by atoms with van der Waals surface area (Å²) < 4.78 is 12.4. The van der Waals surface area contributed by atoms with Crippen molar-refractivity contribution in [3.63, 3.8) is 0 Å². The molecule has 0 aliphatic carbocycles. The van der Waals surface area contributed by atoms with E-state index in [1.165, 1.54) is 0 Å². The van der Waals surface area contributed by atoms with Crippen molar-refractivity contribution in [2.45, 2.75) is 32.9 Å². The molecular weight excluding hydrogens is 248 g/mol. The Kier molecular flexibility index (Phi) is 4.45. The molecule has 0 radical (unpaired) electrons. The van der Waals surface area contributed by atoms with Gasteiger partial charge in [0.05, 0.1) is 12.6 Å². The zero-order chi connectivity index (χ0) is 13.7. The SMILES string of the molecule is CCc1nnc(NC(C)c2nncn2CCOC)o1. The lowest BCUT2D eigenvalue weighted by atomic mass is 10.3. The lowest BCUT2D eigenvalue weighted by Crippen LogP contribution is -2.15. The number of nitrogens with zero attached hydrogens (tertiary/aromatic N) is 5. The lowest BCUT2D eigenvalue weighted by molar-refractivity contribution is 0.186. The molecule has 2 heterocycles. The van der Waals surface area contributed by atoms with Gasteiger partial charge in [-0.25, -0.2) is 0 Å². The van der Waals surface area contributed by atoms with E-state index < -0.39 is 0 Å². The van der Waals surface area contributed by atoms with Gasteiger partial charge in [0.25, 0.3) is 0 Å². The molecule has 1 N–H and O–H groups in total. The number of aryl methyl sites for hydroxylation is 1. The third kappa shape index (κ3) is 3.28. The lowest BCUT2D eigenvalue weighted by Gasteiger charge is -2.12. The molecular formula is C11H18N6O2. The monoisotopic (exact) mass is 266 g/mol. The molecule has 2 aromatic rings. The highest BCUT2D eigenvalue weighted by molar-refractivity contribution is 5.21. The summed E-state index contributed by atoms with van der Waals surface area (Å²) in [6.45, 7) is 5.23. The van der Waals surface area contributed by atoms with Crippen LogP contribution in [0.3, 0.4) is 0 Å². The molecule has 0 aliphatic heterocycles. The molecule has 0 bridgehead atoms. The van der Waals surface area contributed by atoms with Crippen LogP contribution in [0.5, 0.6) is 0 Å². The van der Waals surface area contributed by atoms with E-state index in [0.717, 1.165) is 5.82 Å². The molecule has 104 valence electrons. The van der Waals surface area contributed by atoms with Gasteiger partial charge in [-0.2, -0.15) is 0 Å². The molecule has 0 saturated carbocycles. The van der Waals surface area contributed by atoms with Gasteiger partial charge in [-0.05, 0) is 6.92 Å². The average Bonchev–Trinajstić information content (AvgIpc) is 3.04. The number of hydrogen-bond donors (Lipinski definition) is 1. The van der Waals surface area contributed by atoms with Crippen molar-refractivity contribution in [2.24, 2.45) is 0 Å². The quantitative estimate of drug-likeness (QED) is 0.800. The minimum atomic E-state index is -0.0792. The second kappa shape index (κ2) is 6.28. The van der Waals surface area contributed by atoms with Crippen molar-refractivity contribution < 1.29 is 9.15 Å². The summed E-state index contributed by atoms with van der Waals surface area (Å²) in [5.74, 6) is 1.41. The smallest absolute Gasteiger partial charge is 0.316 e. The molecule has 1 atom stereocenters. The Bertz CT molecular complexity index is 509. The van der Waals surface area contributed by atoms with Crippen LogP contribution in [0.4, 0.5) is 6.01 Å². The van der Waals surface area contributed by atoms with Gasteiger partial charge < -0.3 is 19.0 Å². The van der Waals surface area contributed by atoms with Crippen molar-refractivity contribution in [1.29, 1.82) is 0 Å². The van der Waals surface area contributed by atoms with Crippen LogP contribution in [0.2, 0.25) is 0 Å². The van der Waals surface area contributed by atoms with Crippen molar-refractivity contribution in [3.05, 3.63) is 18.0 Å². The Balaban J connectivity index is 2.02. The average molecular weight is 266 g/mol. The summed E-state index contributed by atoms with van der Waals surface area (Å²) in [5.41, 5.74) is 0. The second-order valence-corrected chi connectivity index (χ2v) is 4.10. The van der Waals surface area contributed by atoms with E-state index in [1.54, 1.807) is 13.4 Å². The zero-order valence-electron chi connectivity index (χ0n) is 11.3. The van der Waals surface area contributed by atoms with Gasteiger partial charge >= 0.3 is 6.01 Å². The zero-order valence-corrected chi connectivity index (χ0v) is 11.3. The number of ether oxygens (including phenoxy) is 1. The van der Waals surface area contributed by atoms with E-state index in [1.807, 2.05) is 18.4 Å². The van der Waals surface area contributed by atoms with Crippen LogP contribution in [0.25, 0.3) is 0 Å². The fraction of sp³-hybridized carbons (Fsp3) is 0.636. The standard InChI is InChI=1S/C11H18N6O2/c1-4-9-14-16-11(19-9)13-8(2)10-15-12-7-17(10)5-6-18-3/h7-8H,4-6H2,1-3H3,(H,13,16). The summed E-state index contributed by atoms with van der Waals surface area (Å²) in [5, 5.41) is 18.9. The van der Waals surface area contributed by atoms with Crippen molar-refractivity contribution in [3.8, 4) is 0 Å². The van der Waals surface area contributed by atoms with E-state index in [9.17, 15) is 0 Å². The molecule has 2 rings (SSSR count). The third-order valence-corrected chi connectivity index (χ3v) is 2.68. The van der Waals surface area contributed by atoms with E-state index >= 15 is 0 Å². The maximum Gasteiger partial charge on any atom is 0.316 e. The summed E-state index contributed by atoms with van der Waals surface area (Å²) >= 11 is 0. The Morgan fingerprint density at radius 1 is 1.42 bits per heavy atom. The summed E-state index contributed by atoms with van der Waals surface area (Å²) in [6.07, 6.45) is 2.39. The van der Waals surface area contributed by atoms with Crippen LogP contribution >= 0.6 is 0 Å². The van der Waals surface area contributed by atoms with E-state index in [2.05, 4.69) is 25.7 Å². The molecule has 0 saturated heterocycles. The molecule has 0 spiro atoms. The van der Waals surface area contributed by atoms with Crippen molar-refractivity contribution in [2.75, 3.05) is 19.0 Å². The number of nitrogens with one attached hydrogen (secondary N) is 1. The first-order valence-corrected chi connectivity index (χ1v) is 6.20. The molecule has 0 fully saturated rings. The van der Waals surface area contributed by atoms with Gasteiger partial charge in [0.15, 0.2) is 5.82 Å². The molecule has 0 aromatic carbocycles. The first kappa shape index (κ1) is 13.5. The van der Waals surface area contributed by atoms with Crippen LogP contribution in [-0.2, 0) is 17.7 Å². The Labute approximate surface area is 111 Å². The fourth-order valence-corrected chi connectivity index (χ4v) is 1.67. The van der Waals surface area contributed by atoms with Gasteiger partial charge in [-0.1, -0.05) is 12.0 Å². The third-order valence-electron chi connectivity index (χ3n) is 2.68. The first-order chi connectivity index (χ1) is 9.24. The van der Waals surface area contributed by atoms with Crippen LogP contribution in [-0.4, -0.2) is 38.7 Å². The summed E-state index contributed by atoms with van der Waals surface area (Å²) in [7, 11) is 1.66. The topological polar surface area (TPSA) is 90.9 Å². The van der Waals surface area contributed by atoms with Gasteiger partial charge in [-0.15, -0.1) is 15.3 Å². The molecule has 2 aromatic heterocycles. The van der Waals surface area contributed by atoms with Crippen molar-refractivity contribution in [1.82, 2.24) is 25.0 Å². The summed E-state index contributed by atoms with van der Waals surface area (Å²) in [6, 6.07) is 0.315. The number of aromatic nitrogens is 5. The van der Waals surface area contributed by atoms with E-state index in [-0.39, 0.29) is 6.04 Å². The maximum atomic E-state index is 5.41. The normalized spacial score (nSPS) is 12.6. The van der Waals surface area contributed by atoms with Gasteiger partial charge in [-0.3, -0.25) is 0 Å². The van der Waals surface area contributed by atoms with Gasteiger partial charge in [0.1, 0.15) is 6.33 Å². The second-order valence-electron chi connectivity index (χ2n) is 4.10. The largest absolute Gasteiger partial charge is 0.408 e. The molecule has 8 heteroatoms. The Hall–Kier alpha value is -1.96. The highest BCUT2D eigenvalue weighted by atomic mass is 16.5. The maximum absolute atomic E-state index is 5.41.